The molecule has 5 rings (SSSR count). The summed E-state index contributed by atoms with van der Waals surface area (Å²) < 4.78 is 30.7. The van der Waals surface area contributed by atoms with E-state index in [-0.39, 0.29) is 30.8 Å². The van der Waals surface area contributed by atoms with E-state index in [0.717, 1.165) is 20.0 Å². The Morgan fingerprint density at radius 2 is 1.74 bits per heavy atom. The van der Waals surface area contributed by atoms with Gasteiger partial charge in [-0.3, -0.25) is 0 Å². The van der Waals surface area contributed by atoms with Crippen molar-refractivity contribution in [2.75, 3.05) is 26.9 Å². The lowest BCUT2D eigenvalue weighted by Gasteiger charge is -2.65. The SMILES string of the molecule is CC1=CC2OC3CCC4OC(=O)/C=C\C=C\C(C)OCCC(C)C(O)C(=O)OCC2(CC1)[C@]4(C)C31CO1.CO. The van der Waals surface area contributed by atoms with Crippen molar-refractivity contribution >= 4 is 11.9 Å². The van der Waals surface area contributed by atoms with Crippen molar-refractivity contribution in [2.45, 2.75) is 95.9 Å². The first kappa shape index (κ1) is 29.9. The Kier molecular flexibility index (Phi) is 9.08. The summed E-state index contributed by atoms with van der Waals surface area (Å²) in [5.41, 5.74) is -0.687. The van der Waals surface area contributed by atoms with Crippen LogP contribution in [-0.4, -0.2) is 85.2 Å². The maximum absolute atomic E-state index is 13.1. The van der Waals surface area contributed by atoms with Gasteiger partial charge in [-0.05, 0) is 51.9 Å². The Morgan fingerprint density at radius 1 is 1.03 bits per heavy atom. The van der Waals surface area contributed by atoms with Crippen LogP contribution >= 0.6 is 0 Å². The summed E-state index contributed by atoms with van der Waals surface area (Å²) in [4.78, 5) is 26.0. The number of ether oxygens (including phenoxy) is 5. The summed E-state index contributed by atoms with van der Waals surface area (Å²) in [5, 5.41) is 17.8. The minimum Gasteiger partial charge on any atom is -0.463 e. The molecule has 0 amide bonds. The van der Waals surface area contributed by atoms with Gasteiger partial charge >= 0.3 is 11.9 Å². The third-order valence-electron chi connectivity index (χ3n) is 9.67. The van der Waals surface area contributed by atoms with Crippen LogP contribution in [-0.2, 0) is 33.3 Å². The summed E-state index contributed by atoms with van der Waals surface area (Å²) in [6.45, 7) is 8.89. The third kappa shape index (κ3) is 5.24. The van der Waals surface area contributed by atoms with Crippen molar-refractivity contribution < 1.29 is 43.5 Å². The molecule has 9 nitrogen and oxygen atoms in total. The average molecular weight is 549 g/mol. The zero-order chi connectivity index (χ0) is 28.4. The molecule has 3 heterocycles. The highest BCUT2D eigenvalue weighted by Gasteiger charge is 2.80. The van der Waals surface area contributed by atoms with Gasteiger partial charge in [-0.15, -0.1) is 0 Å². The lowest BCUT2D eigenvalue weighted by Crippen LogP contribution is -2.74. The van der Waals surface area contributed by atoms with Gasteiger partial charge in [0.25, 0.3) is 0 Å². The summed E-state index contributed by atoms with van der Waals surface area (Å²) >= 11 is 0. The number of rotatable bonds is 0. The highest BCUT2D eigenvalue weighted by atomic mass is 16.6. The molecule has 218 valence electrons. The summed E-state index contributed by atoms with van der Waals surface area (Å²) in [5.74, 6) is -1.39. The van der Waals surface area contributed by atoms with E-state index < -0.39 is 40.6 Å². The lowest BCUT2D eigenvalue weighted by molar-refractivity contribution is -0.294. The van der Waals surface area contributed by atoms with E-state index in [4.69, 9.17) is 28.8 Å². The van der Waals surface area contributed by atoms with E-state index in [1.165, 1.54) is 11.6 Å². The Hall–Kier alpha value is -2.04. The largest absolute Gasteiger partial charge is 0.463 e. The highest BCUT2D eigenvalue weighted by Crippen LogP contribution is 2.70. The van der Waals surface area contributed by atoms with E-state index >= 15 is 0 Å². The number of epoxide rings is 1. The molecule has 2 saturated heterocycles. The molecule has 0 aromatic rings. The first-order chi connectivity index (χ1) is 18.6. The summed E-state index contributed by atoms with van der Waals surface area (Å²) in [6, 6.07) is 0. The van der Waals surface area contributed by atoms with Gasteiger partial charge in [0.15, 0.2) is 6.10 Å². The fraction of sp³-hybridized carbons (Fsp3) is 0.733. The van der Waals surface area contributed by atoms with Gasteiger partial charge in [0.2, 0.25) is 0 Å². The van der Waals surface area contributed by atoms with E-state index in [9.17, 15) is 14.7 Å². The second kappa shape index (κ2) is 11.8. The number of hydrogen-bond donors (Lipinski definition) is 2. The maximum atomic E-state index is 13.1. The molecule has 0 aromatic heterocycles. The zero-order valence-electron chi connectivity index (χ0n) is 23.8. The van der Waals surface area contributed by atoms with Crippen molar-refractivity contribution in [2.24, 2.45) is 16.7 Å². The first-order valence-corrected chi connectivity index (χ1v) is 14.1. The molecule has 0 radical (unpaired) electrons. The molecule has 3 fully saturated rings. The topological polar surface area (TPSA) is 124 Å². The second-order valence-corrected chi connectivity index (χ2v) is 11.7. The van der Waals surface area contributed by atoms with E-state index in [2.05, 4.69) is 19.9 Å². The molecular formula is C30H44O9. The smallest absolute Gasteiger partial charge is 0.335 e. The third-order valence-corrected chi connectivity index (χ3v) is 9.67. The molecule has 3 aliphatic heterocycles. The van der Waals surface area contributed by atoms with Gasteiger partial charge in [0, 0.05) is 25.2 Å². The van der Waals surface area contributed by atoms with Crippen LogP contribution in [0.2, 0.25) is 0 Å². The Balaban J connectivity index is 0.00000172. The predicted octanol–water partition coefficient (Wildman–Crippen LogP) is 3.03. The normalized spacial score (nSPS) is 46.1. The molecule has 9 atom stereocenters. The van der Waals surface area contributed by atoms with Crippen molar-refractivity contribution in [3.05, 3.63) is 36.0 Å². The number of aliphatic hydroxyl groups excluding tert-OH is 2. The van der Waals surface area contributed by atoms with E-state index in [1.54, 1.807) is 12.2 Å². The van der Waals surface area contributed by atoms with Gasteiger partial charge in [0.05, 0.1) is 30.3 Å². The number of allylic oxidation sites excluding steroid dienone is 3. The summed E-state index contributed by atoms with van der Waals surface area (Å²) in [7, 11) is 1.00. The van der Waals surface area contributed by atoms with Crippen LogP contribution < -0.4 is 0 Å². The molecular weight excluding hydrogens is 504 g/mol. The highest BCUT2D eigenvalue weighted by molar-refractivity contribution is 5.82. The van der Waals surface area contributed by atoms with Gasteiger partial charge in [-0.25, -0.2) is 9.59 Å². The minimum atomic E-state index is -1.26. The van der Waals surface area contributed by atoms with Gasteiger partial charge < -0.3 is 33.9 Å². The van der Waals surface area contributed by atoms with Crippen molar-refractivity contribution in [1.82, 2.24) is 0 Å². The van der Waals surface area contributed by atoms with Crippen molar-refractivity contribution in [3.63, 3.8) is 0 Å². The minimum absolute atomic E-state index is 0.0541. The molecule has 5 aliphatic rings. The lowest BCUT2D eigenvalue weighted by atomic mass is 9.45. The molecule has 2 aliphatic carbocycles. The van der Waals surface area contributed by atoms with Crippen LogP contribution in [0.15, 0.2) is 36.0 Å². The quantitative estimate of drug-likeness (QED) is 0.267. The number of esters is 2. The Bertz CT molecular complexity index is 998. The van der Waals surface area contributed by atoms with Crippen molar-refractivity contribution in [3.8, 4) is 0 Å². The molecule has 2 bridgehead atoms. The second-order valence-electron chi connectivity index (χ2n) is 11.7. The van der Waals surface area contributed by atoms with Gasteiger partial charge in [0.1, 0.15) is 18.3 Å². The number of carbonyl (C=O) groups excluding carboxylic acids is 2. The van der Waals surface area contributed by atoms with Crippen LogP contribution in [0, 0.1) is 16.7 Å². The van der Waals surface area contributed by atoms with Crippen LogP contribution in [0.5, 0.6) is 0 Å². The summed E-state index contributed by atoms with van der Waals surface area (Å²) in [6.07, 6.45) is 9.94. The number of hydrogen-bond acceptors (Lipinski definition) is 9. The molecule has 2 N–H and O–H groups in total. The molecule has 39 heavy (non-hydrogen) atoms. The standard InChI is InChI=1S/C29H40O8.CH4O/c1-18-11-13-28-16-34-26(32)25(31)19(2)12-14-33-20(3)7-5-6-8-24(30)37-21-9-10-22(36-23(28)15-18)29(17-35-29)27(21,28)4;1-2/h5-8,15,19-23,25,31H,9-14,16-17H2,1-4H3;2H,1H3/b7-5+,8-6-;/t19?,20?,21?,22?,23?,25?,27-,28?,29?;/m1./s1. The van der Waals surface area contributed by atoms with Crippen LogP contribution in [0.3, 0.4) is 0 Å². The predicted molar refractivity (Wildman–Crippen MR) is 143 cm³/mol. The van der Waals surface area contributed by atoms with Crippen LogP contribution in [0.25, 0.3) is 0 Å². The number of carbonyl (C=O) groups is 2. The number of cyclic esters (lactones) is 1. The van der Waals surface area contributed by atoms with E-state index in [1.807, 2.05) is 19.9 Å². The monoisotopic (exact) mass is 548 g/mol. The molecule has 2 spiro atoms. The molecule has 9 heteroatoms. The fourth-order valence-electron chi connectivity index (χ4n) is 7.07. The van der Waals surface area contributed by atoms with E-state index in [0.29, 0.717) is 32.5 Å². The zero-order valence-corrected chi connectivity index (χ0v) is 23.8. The Morgan fingerprint density at radius 3 is 2.46 bits per heavy atom. The number of aliphatic hydroxyl groups is 2. The Labute approximate surface area is 231 Å². The first-order valence-electron chi connectivity index (χ1n) is 14.1. The fourth-order valence-corrected chi connectivity index (χ4v) is 7.07. The van der Waals surface area contributed by atoms with Crippen molar-refractivity contribution in [1.29, 1.82) is 0 Å². The van der Waals surface area contributed by atoms with Crippen LogP contribution in [0.4, 0.5) is 0 Å². The molecule has 0 aromatic carbocycles. The molecule has 8 unspecified atom stereocenters. The van der Waals surface area contributed by atoms with Crippen LogP contribution in [0.1, 0.15) is 59.8 Å². The average Bonchev–Trinajstić information content (AvgIpc) is 3.72. The van der Waals surface area contributed by atoms with Gasteiger partial charge in [-0.2, -0.15) is 0 Å². The molecule has 1 saturated carbocycles. The maximum Gasteiger partial charge on any atom is 0.335 e. The van der Waals surface area contributed by atoms with Gasteiger partial charge in [-0.1, -0.05) is 43.7 Å².